The van der Waals surface area contributed by atoms with Gasteiger partial charge in [0.1, 0.15) is 4.99 Å². The fourth-order valence-corrected chi connectivity index (χ4v) is 2.19. The second kappa shape index (κ2) is 7.61. The van der Waals surface area contributed by atoms with Crippen LogP contribution in [0.5, 0.6) is 0 Å². The van der Waals surface area contributed by atoms with Crippen LogP contribution >= 0.6 is 12.2 Å². The van der Waals surface area contributed by atoms with Gasteiger partial charge in [-0.1, -0.05) is 25.6 Å². The Balaban J connectivity index is 3.08. The van der Waals surface area contributed by atoms with Gasteiger partial charge in [0.2, 0.25) is 0 Å². The molecule has 0 aliphatic rings. The monoisotopic (exact) mass is 320 g/mol. The highest BCUT2D eigenvalue weighted by atomic mass is 32.1. The summed E-state index contributed by atoms with van der Waals surface area (Å²) in [5.41, 5.74) is 5.46. The zero-order valence-electron chi connectivity index (χ0n) is 12.0. The third kappa shape index (κ3) is 5.17. The summed E-state index contributed by atoms with van der Waals surface area (Å²) >= 11 is 4.85. The second-order valence-corrected chi connectivity index (χ2v) is 5.15. The van der Waals surface area contributed by atoms with Gasteiger partial charge in [-0.15, -0.1) is 0 Å². The fraction of sp³-hybridized carbons (Fsp3) is 0.500. The van der Waals surface area contributed by atoms with Crippen LogP contribution in [-0.4, -0.2) is 24.7 Å². The standard InChI is InChI=1S/C14H19F3N2OS/c1-3-4-10(8-20-2)19-12-6-5-9(14(15,16)17)7-11(12)13(18)21/h5-7,10,19H,3-4,8H2,1-2H3,(H2,18,21). The molecule has 0 bridgehead atoms. The van der Waals surface area contributed by atoms with E-state index < -0.39 is 11.7 Å². The Morgan fingerprint density at radius 1 is 1.43 bits per heavy atom. The molecular weight excluding hydrogens is 301 g/mol. The third-order valence-corrected chi connectivity index (χ3v) is 3.20. The van der Waals surface area contributed by atoms with Crippen molar-refractivity contribution in [2.75, 3.05) is 19.0 Å². The zero-order chi connectivity index (χ0) is 16.0. The number of halogens is 3. The number of methoxy groups -OCH3 is 1. The number of hydrogen-bond acceptors (Lipinski definition) is 3. The Morgan fingerprint density at radius 2 is 2.10 bits per heavy atom. The first-order valence-electron chi connectivity index (χ1n) is 6.56. The molecule has 0 aliphatic heterocycles. The highest BCUT2D eigenvalue weighted by Gasteiger charge is 2.31. The van der Waals surface area contributed by atoms with Crippen LogP contribution in [0.1, 0.15) is 30.9 Å². The minimum Gasteiger partial charge on any atom is -0.389 e. The number of anilines is 1. The Morgan fingerprint density at radius 3 is 2.57 bits per heavy atom. The van der Waals surface area contributed by atoms with Gasteiger partial charge in [0.05, 0.1) is 12.2 Å². The number of ether oxygens (including phenoxy) is 1. The molecule has 7 heteroatoms. The van der Waals surface area contributed by atoms with Crippen LogP contribution in [0.3, 0.4) is 0 Å². The van der Waals surface area contributed by atoms with Crippen LogP contribution in [-0.2, 0) is 10.9 Å². The largest absolute Gasteiger partial charge is 0.416 e. The lowest BCUT2D eigenvalue weighted by Gasteiger charge is -2.21. The smallest absolute Gasteiger partial charge is 0.389 e. The Hall–Kier alpha value is -1.34. The molecular formula is C14H19F3N2OS. The van der Waals surface area contributed by atoms with Crippen LogP contribution in [0.25, 0.3) is 0 Å². The molecule has 0 aliphatic carbocycles. The molecule has 0 radical (unpaired) electrons. The minimum absolute atomic E-state index is 0.00941. The van der Waals surface area contributed by atoms with Gasteiger partial charge in [-0.2, -0.15) is 13.2 Å². The summed E-state index contributed by atoms with van der Waals surface area (Å²) in [5.74, 6) is 0. The molecule has 1 aromatic rings. The number of thiocarbonyl (C=S) groups is 1. The van der Waals surface area contributed by atoms with E-state index in [0.29, 0.717) is 12.3 Å². The molecule has 0 aromatic heterocycles. The van der Waals surface area contributed by atoms with Crippen molar-refractivity contribution in [1.29, 1.82) is 0 Å². The van der Waals surface area contributed by atoms with E-state index >= 15 is 0 Å². The summed E-state index contributed by atoms with van der Waals surface area (Å²) < 4.78 is 43.3. The molecule has 0 spiro atoms. The van der Waals surface area contributed by atoms with Crippen molar-refractivity contribution in [3.63, 3.8) is 0 Å². The molecule has 3 nitrogen and oxygen atoms in total. The number of nitrogens with two attached hydrogens (primary N) is 1. The first-order chi connectivity index (χ1) is 9.79. The molecule has 21 heavy (non-hydrogen) atoms. The van der Waals surface area contributed by atoms with E-state index in [-0.39, 0.29) is 16.6 Å². The SMILES string of the molecule is CCCC(COC)Nc1ccc(C(F)(F)F)cc1C(N)=S. The zero-order valence-corrected chi connectivity index (χ0v) is 12.8. The van der Waals surface area contributed by atoms with E-state index in [4.69, 9.17) is 22.7 Å². The quantitative estimate of drug-likeness (QED) is 0.754. The van der Waals surface area contributed by atoms with Gasteiger partial charge in [-0.25, -0.2) is 0 Å². The Bertz CT molecular complexity index is 486. The average molecular weight is 320 g/mol. The normalized spacial score (nSPS) is 13.0. The summed E-state index contributed by atoms with van der Waals surface area (Å²) in [4.78, 5) is -0.0729. The van der Waals surface area contributed by atoms with Crippen LogP contribution in [0.15, 0.2) is 18.2 Å². The van der Waals surface area contributed by atoms with Crippen molar-refractivity contribution in [2.24, 2.45) is 5.73 Å². The van der Waals surface area contributed by atoms with E-state index in [1.54, 1.807) is 7.11 Å². The van der Waals surface area contributed by atoms with E-state index in [1.807, 2.05) is 6.92 Å². The second-order valence-electron chi connectivity index (χ2n) is 4.71. The minimum atomic E-state index is -4.42. The molecule has 118 valence electrons. The van der Waals surface area contributed by atoms with Crippen LogP contribution in [0, 0.1) is 0 Å². The lowest BCUT2D eigenvalue weighted by Crippen LogP contribution is -2.26. The van der Waals surface area contributed by atoms with Gasteiger partial charge in [0.25, 0.3) is 0 Å². The lowest BCUT2D eigenvalue weighted by atomic mass is 10.1. The lowest BCUT2D eigenvalue weighted by molar-refractivity contribution is -0.137. The molecule has 0 fully saturated rings. The summed E-state index contributed by atoms with van der Waals surface area (Å²) in [6.07, 6.45) is -2.68. The van der Waals surface area contributed by atoms with Crippen molar-refractivity contribution >= 4 is 22.9 Å². The molecule has 1 aromatic carbocycles. The van der Waals surface area contributed by atoms with Crippen molar-refractivity contribution in [2.45, 2.75) is 32.0 Å². The molecule has 0 amide bonds. The molecule has 3 N–H and O–H groups in total. The maximum atomic E-state index is 12.7. The Kier molecular flexibility index (Phi) is 6.42. The van der Waals surface area contributed by atoms with Crippen LogP contribution < -0.4 is 11.1 Å². The molecule has 1 unspecified atom stereocenters. The fourth-order valence-electron chi connectivity index (χ4n) is 2.02. The van der Waals surface area contributed by atoms with Gasteiger partial charge in [0.15, 0.2) is 0 Å². The summed E-state index contributed by atoms with van der Waals surface area (Å²) in [5, 5.41) is 3.15. The van der Waals surface area contributed by atoms with Gasteiger partial charge < -0.3 is 15.8 Å². The number of rotatable bonds is 7. The van der Waals surface area contributed by atoms with Gasteiger partial charge in [0, 0.05) is 24.4 Å². The number of alkyl halides is 3. The van der Waals surface area contributed by atoms with Gasteiger partial charge in [-0.05, 0) is 24.6 Å². The van der Waals surface area contributed by atoms with E-state index in [9.17, 15) is 13.2 Å². The number of hydrogen-bond donors (Lipinski definition) is 2. The van der Waals surface area contributed by atoms with Crippen molar-refractivity contribution in [1.82, 2.24) is 0 Å². The molecule has 0 saturated carbocycles. The Labute approximate surface area is 127 Å². The summed E-state index contributed by atoms with van der Waals surface area (Å²) in [7, 11) is 1.57. The summed E-state index contributed by atoms with van der Waals surface area (Å²) in [6, 6.07) is 3.33. The predicted molar refractivity (Wildman–Crippen MR) is 81.5 cm³/mol. The highest BCUT2D eigenvalue weighted by molar-refractivity contribution is 7.80. The maximum absolute atomic E-state index is 12.7. The van der Waals surface area contributed by atoms with Crippen LogP contribution in [0.2, 0.25) is 0 Å². The molecule has 1 atom stereocenters. The predicted octanol–water partition coefficient (Wildman–Crippen LogP) is 3.57. The van der Waals surface area contributed by atoms with Crippen molar-refractivity contribution < 1.29 is 17.9 Å². The first kappa shape index (κ1) is 17.7. The van der Waals surface area contributed by atoms with Gasteiger partial charge in [-0.3, -0.25) is 0 Å². The van der Waals surface area contributed by atoms with Crippen LogP contribution in [0.4, 0.5) is 18.9 Å². The molecule has 0 heterocycles. The highest BCUT2D eigenvalue weighted by Crippen LogP contribution is 2.32. The van der Waals surface area contributed by atoms with Gasteiger partial charge >= 0.3 is 6.18 Å². The number of benzene rings is 1. The van der Waals surface area contributed by atoms with Crippen molar-refractivity contribution in [3.8, 4) is 0 Å². The third-order valence-electron chi connectivity index (χ3n) is 2.98. The first-order valence-corrected chi connectivity index (χ1v) is 6.97. The van der Waals surface area contributed by atoms with E-state index in [1.165, 1.54) is 6.07 Å². The summed E-state index contributed by atoms with van der Waals surface area (Å²) in [6.45, 7) is 2.47. The topological polar surface area (TPSA) is 47.3 Å². The average Bonchev–Trinajstić information content (AvgIpc) is 2.38. The molecule has 0 saturated heterocycles. The molecule has 1 rings (SSSR count). The van der Waals surface area contributed by atoms with E-state index in [2.05, 4.69) is 5.32 Å². The van der Waals surface area contributed by atoms with E-state index in [0.717, 1.165) is 25.0 Å². The van der Waals surface area contributed by atoms with Crippen molar-refractivity contribution in [3.05, 3.63) is 29.3 Å². The number of nitrogens with one attached hydrogen (secondary N) is 1. The maximum Gasteiger partial charge on any atom is 0.416 e.